The Balaban J connectivity index is 3.79. The van der Waals surface area contributed by atoms with E-state index in [1.165, 1.54) is 0 Å². The van der Waals surface area contributed by atoms with E-state index in [0.29, 0.717) is 19.3 Å². The third kappa shape index (κ3) is 6.73. The Hall–Kier alpha value is -0.690. The number of aliphatic hydroxyl groups excluding tert-OH is 2. The molecule has 6 heteroatoms. The van der Waals surface area contributed by atoms with E-state index in [0.717, 1.165) is 0 Å². The van der Waals surface area contributed by atoms with Crippen molar-refractivity contribution >= 4 is 5.97 Å². The van der Waals surface area contributed by atoms with E-state index in [1.807, 2.05) is 0 Å². The summed E-state index contributed by atoms with van der Waals surface area (Å²) in [7, 11) is 1.77. The predicted molar refractivity (Wildman–Crippen MR) is 60.0 cm³/mol. The molecule has 0 aliphatic heterocycles. The summed E-state index contributed by atoms with van der Waals surface area (Å²) in [5.74, 6) is -1.20. The Bertz CT molecular complexity index is 201. The van der Waals surface area contributed by atoms with Gasteiger partial charge in [0.15, 0.2) is 6.10 Å². The van der Waals surface area contributed by atoms with Crippen LogP contribution in [0, 0.1) is 0 Å². The first kappa shape index (κ1) is 15.3. The molecular weight excluding hydrogens is 212 g/mol. The molecule has 0 radical (unpaired) electrons. The van der Waals surface area contributed by atoms with Gasteiger partial charge in [0.05, 0.1) is 6.10 Å². The van der Waals surface area contributed by atoms with Crippen molar-refractivity contribution < 1.29 is 20.1 Å². The number of hydrogen-bond acceptors (Lipinski definition) is 5. The molecule has 0 amide bonds. The third-order valence-corrected chi connectivity index (χ3v) is 2.60. The second kappa shape index (κ2) is 8.46. The van der Waals surface area contributed by atoms with Crippen LogP contribution in [0.4, 0.5) is 0 Å². The van der Waals surface area contributed by atoms with Crippen molar-refractivity contribution in [2.24, 2.45) is 5.73 Å². The average molecular weight is 234 g/mol. The fourth-order valence-electron chi connectivity index (χ4n) is 1.43. The zero-order chi connectivity index (χ0) is 12.6. The molecule has 0 spiro atoms. The highest BCUT2D eigenvalue weighted by Crippen LogP contribution is 2.09. The number of carboxylic acid groups (broad SMARTS) is 1. The number of nitrogens with one attached hydrogen (secondary N) is 1. The second-order valence-corrected chi connectivity index (χ2v) is 3.88. The zero-order valence-electron chi connectivity index (χ0n) is 9.59. The molecule has 16 heavy (non-hydrogen) atoms. The molecule has 0 heterocycles. The lowest BCUT2D eigenvalue weighted by atomic mass is 10.0. The first-order chi connectivity index (χ1) is 7.51. The normalized spacial score (nSPS) is 16.8. The molecule has 0 aromatic rings. The Morgan fingerprint density at radius 2 is 1.81 bits per heavy atom. The molecule has 0 aliphatic carbocycles. The van der Waals surface area contributed by atoms with Gasteiger partial charge in [0.25, 0.3) is 0 Å². The number of carbonyl (C=O) groups is 1. The Kier molecular flexibility index (Phi) is 8.10. The summed E-state index contributed by atoms with van der Waals surface area (Å²) in [6, 6.07) is 0.0928. The van der Waals surface area contributed by atoms with Crippen molar-refractivity contribution in [2.45, 2.75) is 43.9 Å². The number of nitrogens with two attached hydrogens (primary N) is 1. The number of rotatable bonds is 9. The first-order valence-electron chi connectivity index (χ1n) is 5.47. The van der Waals surface area contributed by atoms with Crippen LogP contribution < -0.4 is 11.1 Å². The van der Waals surface area contributed by atoms with Crippen molar-refractivity contribution in [1.82, 2.24) is 5.32 Å². The monoisotopic (exact) mass is 234 g/mol. The minimum atomic E-state index is -1.31. The van der Waals surface area contributed by atoms with E-state index in [2.05, 4.69) is 5.32 Å². The van der Waals surface area contributed by atoms with Crippen LogP contribution in [0.2, 0.25) is 0 Å². The fourth-order valence-corrected chi connectivity index (χ4v) is 1.43. The number of hydrogen-bond donors (Lipinski definition) is 5. The SMILES string of the molecule is CNC(CCC(O)CN)CCC(O)C(=O)O. The standard InChI is InChI=1S/C10H22N2O4/c1-12-7(2-4-8(13)6-11)3-5-9(14)10(15)16/h7-9,12-14H,2-6,11H2,1H3,(H,15,16). The van der Waals surface area contributed by atoms with Crippen molar-refractivity contribution in [1.29, 1.82) is 0 Å². The molecule has 3 unspecified atom stereocenters. The average Bonchev–Trinajstić information content (AvgIpc) is 2.28. The van der Waals surface area contributed by atoms with Crippen molar-refractivity contribution in [2.75, 3.05) is 13.6 Å². The van der Waals surface area contributed by atoms with Gasteiger partial charge in [-0.1, -0.05) is 0 Å². The fraction of sp³-hybridized carbons (Fsp3) is 0.900. The van der Waals surface area contributed by atoms with Gasteiger partial charge in [-0.2, -0.15) is 0 Å². The van der Waals surface area contributed by atoms with Crippen molar-refractivity contribution in [3.8, 4) is 0 Å². The molecule has 0 aliphatic rings. The van der Waals surface area contributed by atoms with Crippen LogP contribution in [-0.4, -0.2) is 53.1 Å². The van der Waals surface area contributed by atoms with Gasteiger partial charge in [0.1, 0.15) is 0 Å². The molecule has 0 saturated heterocycles. The molecule has 6 N–H and O–H groups in total. The summed E-state index contributed by atoms with van der Waals surface area (Å²) in [4.78, 5) is 10.4. The summed E-state index contributed by atoms with van der Waals surface area (Å²) in [5, 5.41) is 29.9. The summed E-state index contributed by atoms with van der Waals surface area (Å²) >= 11 is 0. The molecule has 0 aromatic carbocycles. The minimum Gasteiger partial charge on any atom is -0.479 e. The number of aliphatic hydroxyl groups is 2. The van der Waals surface area contributed by atoms with E-state index in [-0.39, 0.29) is 19.0 Å². The highest BCUT2D eigenvalue weighted by molar-refractivity contribution is 5.71. The maximum Gasteiger partial charge on any atom is 0.332 e. The maximum atomic E-state index is 10.4. The quantitative estimate of drug-likeness (QED) is 0.346. The van der Waals surface area contributed by atoms with Crippen LogP contribution in [-0.2, 0) is 4.79 Å². The molecule has 0 fully saturated rings. The van der Waals surface area contributed by atoms with E-state index in [1.54, 1.807) is 7.05 Å². The van der Waals surface area contributed by atoms with Crippen LogP contribution in [0.15, 0.2) is 0 Å². The summed E-state index contributed by atoms with van der Waals surface area (Å²) in [6.07, 6.45) is 0.225. The molecule has 3 atom stereocenters. The van der Waals surface area contributed by atoms with E-state index in [4.69, 9.17) is 15.9 Å². The van der Waals surface area contributed by atoms with Crippen molar-refractivity contribution in [3.05, 3.63) is 0 Å². The Labute approximate surface area is 95.5 Å². The number of aliphatic carboxylic acids is 1. The van der Waals surface area contributed by atoms with Gasteiger partial charge in [-0.15, -0.1) is 0 Å². The summed E-state index contributed by atoms with van der Waals surface area (Å²) < 4.78 is 0. The molecule has 0 aromatic heterocycles. The predicted octanol–water partition coefficient (Wildman–Crippen LogP) is -1.10. The van der Waals surface area contributed by atoms with Gasteiger partial charge in [-0.25, -0.2) is 4.79 Å². The third-order valence-electron chi connectivity index (χ3n) is 2.60. The topological polar surface area (TPSA) is 116 Å². The van der Waals surface area contributed by atoms with Gasteiger partial charge in [0, 0.05) is 12.6 Å². The van der Waals surface area contributed by atoms with Gasteiger partial charge in [-0.3, -0.25) is 0 Å². The first-order valence-corrected chi connectivity index (χ1v) is 5.47. The van der Waals surface area contributed by atoms with Gasteiger partial charge in [-0.05, 0) is 32.7 Å². The lowest BCUT2D eigenvalue weighted by molar-refractivity contribution is -0.147. The van der Waals surface area contributed by atoms with Gasteiger partial charge < -0.3 is 26.4 Å². The molecule has 96 valence electrons. The van der Waals surface area contributed by atoms with Crippen LogP contribution in [0.3, 0.4) is 0 Å². The summed E-state index contributed by atoms with van der Waals surface area (Å²) in [5.41, 5.74) is 5.27. The Morgan fingerprint density at radius 1 is 1.25 bits per heavy atom. The van der Waals surface area contributed by atoms with Crippen LogP contribution in [0.5, 0.6) is 0 Å². The van der Waals surface area contributed by atoms with Gasteiger partial charge in [0.2, 0.25) is 0 Å². The van der Waals surface area contributed by atoms with E-state index in [9.17, 15) is 9.90 Å². The van der Waals surface area contributed by atoms with E-state index < -0.39 is 18.2 Å². The molecular formula is C10H22N2O4. The lowest BCUT2D eigenvalue weighted by Gasteiger charge is -2.18. The molecule has 0 bridgehead atoms. The molecule has 0 saturated carbocycles. The smallest absolute Gasteiger partial charge is 0.332 e. The second-order valence-electron chi connectivity index (χ2n) is 3.88. The molecule has 0 rings (SSSR count). The zero-order valence-corrected chi connectivity index (χ0v) is 9.59. The van der Waals surface area contributed by atoms with Crippen LogP contribution >= 0.6 is 0 Å². The highest BCUT2D eigenvalue weighted by atomic mass is 16.4. The Morgan fingerprint density at radius 3 is 2.25 bits per heavy atom. The summed E-state index contributed by atoms with van der Waals surface area (Å²) in [6.45, 7) is 0.230. The highest BCUT2D eigenvalue weighted by Gasteiger charge is 2.16. The maximum absolute atomic E-state index is 10.4. The van der Waals surface area contributed by atoms with Crippen LogP contribution in [0.1, 0.15) is 25.7 Å². The number of carboxylic acids is 1. The molecule has 6 nitrogen and oxygen atoms in total. The van der Waals surface area contributed by atoms with Gasteiger partial charge >= 0.3 is 5.97 Å². The van der Waals surface area contributed by atoms with E-state index >= 15 is 0 Å². The van der Waals surface area contributed by atoms with Crippen LogP contribution in [0.25, 0.3) is 0 Å². The largest absolute Gasteiger partial charge is 0.479 e. The van der Waals surface area contributed by atoms with Crippen molar-refractivity contribution in [3.63, 3.8) is 0 Å². The lowest BCUT2D eigenvalue weighted by Crippen LogP contribution is -2.30. The minimum absolute atomic E-state index is 0.0928.